The lowest BCUT2D eigenvalue weighted by molar-refractivity contribution is 0.0705. The summed E-state index contributed by atoms with van der Waals surface area (Å²) in [4.78, 5) is 23.1. The highest BCUT2D eigenvalue weighted by Crippen LogP contribution is 2.28. The van der Waals surface area contributed by atoms with Crippen molar-refractivity contribution < 1.29 is 13.2 Å². The molecule has 0 radical (unpaired) electrons. The van der Waals surface area contributed by atoms with E-state index in [0.29, 0.717) is 18.7 Å². The molecule has 8 heteroatoms. The van der Waals surface area contributed by atoms with E-state index < -0.39 is 15.6 Å². The van der Waals surface area contributed by atoms with Crippen LogP contribution in [-0.2, 0) is 10.0 Å². The van der Waals surface area contributed by atoms with Crippen molar-refractivity contribution in [2.75, 3.05) is 13.1 Å². The number of imidazole rings is 1. The third kappa shape index (κ3) is 4.80. The van der Waals surface area contributed by atoms with Crippen LogP contribution in [0.4, 0.5) is 0 Å². The molecule has 2 N–H and O–H groups in total. The van der Waals surface area contributed by atoms with E-state index >= 15 is 0 Å². The molecular formula is C23H28N4O3S. The number of likely N-dealkylation sites (tertiary alicyclic amines) is 1. The number of hydrogen-bond donors (Lipinski definition) is 2. The second-order valence-electron chi connectivity index (χ2n) is 9.11. The van der Waals surface area contributed by atoms with Gasteiger partial charge in [-0.15, -0.1) is 0 Å². The topological polar surface area (TPSA) is 95.2 Å². The maximum atomic E-state index is 13.1. The van der Waals surface area contributed by atoms with Crippen molar-refractivity contribution in [3.05, 3.63) is 59.9 Å². The number of hydrogen-bond acceptors (Lipinski definition) is 4. The van der Waals surface area contributed by atoms with Crippen LogP contribution in [0, 0.1) is 0 Å². The number of fused-ring (bicyclic) bond motifs is 1. The molecule has 0 unspecified atom stereocenters. The second kappa shape index (κ2) is 8.09. The summed E-state index contributed by atoms with van der Waals surface area (Å²) in [6, 6.07) is 14.1. The average Bonchev–Trinajstić information content (AvgIpc) is 3.16. The van der Waals surface area contributed by atoms with Gasteiger partial charge in [-0.1, -0.05) is 12.1 Å². The van der Waals surface area contributed by atoms with Gasteiger partial charge in [-0.05, 0) is 70.0 Å². The van der Waals surface area contributed by atoms with Gasteiger partial charge in [-0.2, -0.15) is 0 Å². The average molecular weight is 441 g/mol. The molecule has 1 aliphatic rings. The fourth-order valence-electron chi connectivity index (χ4n) is 3.97. The van der Waals surface area contributed by atoms with Crippen molar-refractivity contribution in [1.29, 1.82) is 0 Å². The Labute approximate surface area is 182 Å². The number of H-pyrrole nitrogens is 1. The van der Waals surface area contributed by atoms with E-state index in [1.165, 1.54) is 12.1 Å². The van der Waals surface area contributed by atoms with Crippen molar-refractivity contribution in [3.8, 4) is 0 Å². The molecule has 0 spiro atoms. The fraction of sp³-hybridized carbons (Fsp3) is 0.391. The molecule has 7 nitrogen and oxygen atoms in total. The monoisotopic (exact) mass is 440 g/mol. The number of nitrogens with one attached hydrogen (secondary N) is 2. The summed E-state index contributed by atoms with van der Waals surface area (Å²) in [6.45, 7) is 6.64. The summed E-state index contributed by atoms with van der Waals surface area (Å²) in [5.74, 6) is 0.975. The van der Waals surface area contributed by atoms with Gasteiger partial charge in [0.25, 0.3) is 5.91 Å². The SMILES string of the molecule is CC(C)(C)NS(=O)(=O)c1ccc(C(=O)N2CCC[C@H](c3nc4ccccc4[nH]3)C2)cc1. The summed E-state index contributed by atoms with van der Waals surface area (Å²) >= 11 is 0. The van der Waals surface area contributed by atoms with Gasteiger partial charge in [0.05, 0.1) is 15.9 Å². The summed E-state index contributed by atoms with van der Waals surface area (Å²) < 4.78 is 27.6. The number of carbonyl (C=O) groups excluding carboxylic acids is 1. The second-order valence-corrected chi connectivity index (χ2v) is 10.8. The minimum Gasteiger partial charge on any atom is -0.342 e. The van der Waals surface area contributed by atoms with Crippen LogP contribution in [-0.4, -0.2) is 47.8 Å². The Balaban J connectivity index is 1.48. The van der Waals surface area contributed by atoms with Gasteiger partial charge in [0.1, 0.15) is 5.82 Å². The van der Waals surface area contributed by atoms with E-state index in [9.17, 15) is 13.2 Å². The van der Waals surface area contributed by atoms with Crippen LogP contribution in [0.3, 0.4) is 0 Å². The first-order valence-electron chi connectivity index (χ1n) is 10.5. The van der Waals surface area contributed by atoms with Crippen molar-refractivity contribution in [1.82, 2.24) is 19.6 Å². The molecule has 1 aromatic heterocycles. The van der Waals surface area contributed by atoms with E-state index in [1.54, 1.807) is 32.9 Å². The summed E-state index contributed by atoms with van der Waals surface area (Å²) in [7, 11) is -3.63. The summed E-state index contributed by atoms with van der Waals surface area (Å²) in [5.41, 5.74) is 1.84. The third-order valence-corrected chi connectivity index (χ3v) is 7.13. The van der Waals surface area contributed by atoms with Gasteiger partial charge in [-0.3, -0.25) is 4.79 Å². The number of aromatic nitrogens is 2. The van der Waals surface area contributed by atoms with E-state index in [1.807, 2.05) is 29.2 Å². The van der Waals surface area contributed by atoms with Crippen LogP contribution in [0.15, 0.2) is 53.4 Å². The maximum absolute atomic E-state index is 13.1. The van der Waals surface area contributed by atoms with Gasteiger partial charge in [0, 0.05) is 30.1 Å². The molecule has 1 aliphatic heterocycles. The fourth-order valence-corrected chi connectivity index (χ4v) is 5.39. The highest BCUT2D eigenvalue weighted by Gasteiger charge is 2.28. The van der Waals surface area contributed by atoms with Crippen LogP contribution in [0.25, 0.3) is 11.0 Å². The Bertz CT molecular complexity index is 1160. The van der Waals surface area contributed by atoms with Crippen molar-refractivity contribution in [3.63, 3.8) is 0 Å². The molecule has 0 saturated carbocycles. The predicted octanol–water partition coefficient (Wildman–Crippen LogP) is 3.66. The maximum Gasteiger partial charge on any atom is 0.253 e. The van der Waals surface area contributed by atoms with Gasteiger partial charge < -0.3 is 9.88 Å². The summed E-state index contributed by atoms with van der Waals surface area (Å²) in [6.07, 6.45) is 1.87. The number of carbonyl (C=O) groups is 1. The Hall–Kier alpha value is -2.71. The zero-order valence-corrected chi connectivity index (χ0v) is 18.9. The lowest BCUT2D eigenvalue weighted by atomic mass is 9.96. The normalized spacial score (nSPS) is 17.8. The van der Waals surface area contributed by atoms with Gasteiger partial charge in [0.2, 0.25) is 10.0 Å². The molecular weight excluding hydrogens is 412 g/mol. The quantitative estimate of drug-likeness (QED) is 0.647. The van der Waals surface area contributed by atoms with Crippen LogP contribution in [0.2, 0.25) is 0 Å². The highest BCUT2D eigenvalue weighted by molar-refractivity contribution is 7.89. The number of nitrogens with zero attached hydrogens (tertiary/aromatic N) is 2. The molecule has 1 amide bonds. The molecule has 1 atom stereocenters. The minimum absolute atomic E-state index is 0.0893. The van der Waals surface area contributed by atoms with Crippen LogP contribution in [0.1, 0.15) is 55.7 Å². The number of aromatic amines is 1. The molecule has 1 saturated heterocycles. The van der Waals surface area contributed by atoms with Crippen LogP contribution in [0.5, 0.6) is 0 Å². The minimum atomic E-state index is -3.63. The van der Waals surface area contributed by atoms with Crippen molar-refractivity contribution in [2.45, 2.75) is 50.0 Å². The number of amides is 1. The molecule has 0 aliphatic carbocycles. The van der Waals surface area contributed by atoms with Crippen molar-refractivity contribution in [2.24, 2.45) is 0 Å². The standard InChI is InChI=1S/C23H28N4O3S/c1-23(2,3)26-31(29,30)18-12-10-16(11-13-18)22(28)27-14-6-7-17(15-27)21-24-19-8-4-5-9-20(19)25-21/h4-5,8-13,17,26H,6-7,14-15H2,1-3H3,(H,24,25)/t17-/m0/s1. The number of benzene rings is 2. The molecule has 164 valence electrons. The largest absolute Gasteiger partial charge is 0.342 e. The zero-order valence-electron chi connectivity index (χ0n) is 18.1. The lowest BCUT2D eigenvalue weighted by Crippen LogP contribution is -2.40. The number of para-hydroxylation sites is 2. The third-order valence-electron chi connectivity index (χ3n) is 5.36. The smallest absolute Gasteiger partial charge is 0.253 e. The molecule has 31 heavy (non-hydrogen) atoms. The van der Waals surface area contributed by atoms with Gasteiger partial charge >= 0.3 is 0 Å². The van der Waals surface area contributed by atoms with Crippen LogP contribution < -0.4 is 4.72 Å². The van der Waals surface area contributed by atoms with Gasteiger partial charge in [0.15, 0.2) is 0 Å². The first-order chi connectivity index (χ1) is 14.6. The Morgan fingerprint density at radius 1 is 1.13 bits per heavy atom. The van der Waals surface area contributed by atoms with Crippen molar-refractivity contribution >= 4 is 27.0 Å². The number of piperidine rings is 1. The van der Waals surface area contributed by atoms with E-state index in [0.717, 1.165) is 29.7 Å². The molecule has 4 rings (SSSR count). The van der Waals surface area contributed by atoms with E-state index in [2.05, 4.69) is 9.71 Å². The van der Waals surface area contributed by atoms with Gasteiger partial charge in [-0.25, -0.2) is 18.1 Å². The molecule has 1 fully saturated rings. The first-order valence-corrected chi connectivity index (χ1v) is 12.0. The zero-order chi connectivity index (χ0) is 22.2. The number of sulfonamides is 1. The Kier molecular flexibility index (Phi) is 5.61. The molecule has 3 aromatic rings. The molecule has 2 aromatic carbocycles. The predicted molar refractivity (Wildman–Crippen MR) is 120 cm³/mol. The molecule has 2 heterocycles. The molecule has 0 bridgehead atoms. The Morgan fingerprint density at radius 2 is 1.84 bits per heavy atom. The summed E-state index contributed by atoms with van der Waals surface area (Å²) in [5, 5.41) is 0. The lowest BCUT2D eigenvalue weighted by Gasteiger charge is -2.32. The van der Waals surface area contributed by atoms with E-state index in [-0.39, 0.29) is 16.7 Å². The number of rotatable bonds is 4. The highest BCUT2D eigenvalue weighted by atomic mass is 32.2. The van der Waals surface area contributed by atoms with Crippen LogP contribution >= 0.6 is 0 Å². The Morgan fingerprint density at radius 3 is 2.52 bits per heavy atom. The first kappa shape index (κ1) is 21.5. The van der Waals surface area contributed by atoms with E-state index in [4.69, 9.17) is 4.98 Å².